The van der Waals surface area contributed by atoms with Gasteiger partial charge in [-0.25, -0.2) is 4.98 Å². The molecule has 1 heterocycles. The van der Waals surface area contributed by atoms with E-state index in [1.54, 1.807) is 6.20 Å². The molecular formula is C10H16N4O. The lowest BCUT2D eigenvalue weighted by Gasteiger charge is -2.10. The number of aromatic nitrogens is 2. The van der Waals surface area contributed by atoms with Gasteiger partial charge in [0.1, 0.15) is 5.82 Å². The number of amides is 1. The average molecular weight is 208 g/mol. The lowest BCUT2D eigenvalue weighted by molar-refractivity contribution is -0.123. The fourth-order valence-electron chi connectivity index (χ4n) is 1.47. The van der Waals surface area contributed by atoms with E-state index in [1.165, 1.54) is 0 Å². The van der Waals surface area contributed by atoms with E-state index in [1.807, 2.05) is 17.7 Å². The van der Waals surface area contributed by atoms with Crippen LogP contribution in [-0.4, -0.2) is 27.5 Å². The molecule has 1 amide bonds. The fraction of sp³-hybridized carbons (Fsp3) is 0.600. The van der Waals surface area contributed by atoms with Crippen molar-refractivity contribution >= 4 is 5.91 Å². The highest BCUT2D eigenvalue weighted by Crippen LogP contribution is 2.31. The molecule has 1 fully saturated rings. The number of hydrogen-bond acceptors (Lipinski definition) is 3. The summed E-state index contributed by atoms with van der Waals surface area (Å²) in [6.07, 6.45) is 5.27. The SMILES string of the molecule is Cc1nccn1CCNC(=O)C1(N)CC1. The number of imidazole rings is 1. The molecule has 3 N–H and O–H groups in total. The molecule has 2 rings (SSSR count). The molecule has 0 spiro atoms. The maximum absolute atomic E-state index is 11.5. The molecule has 5 heteroatoms. The Labute approximate surface area is 88.7 Å². The molecule has 0 bridgehead atoms. The third-order valence-electron chi connectivity index (χ3n) is 2.80. The van der Waals surface area contributed by atoms with Gasteiger partial charge in [0.15, 0.2) is 0 Å². The monoisotopic (exact) mass is 208 g/mol. The number of aryl methyl sites for hydroxylation is 1. The van der Waals surface area contributed by atoms with Gasteiger partial charge in [0.2, 0.25) is 5.91 Å². The molecule has 1 aromatic heterocycles. The number of hydrogen-bond donors (Lipinski definition) is 2. The van der Waals surface area contributed by atoms with Crippen LogP contribution in [0.5, 0.6) is 0 Å². The lowest BCUT2D eigenvalue weighted by Crippen LogP contribution is -2.43. The Kier molecular flexibility index (Phi) is 2.48. The van der Waals surface area contributed by atoms with E-state index in [0.717, 1.165) is 25.2 Å². The summed E-state index contributed by atoms with van der Waals surface area (Å²) < 4.78 is 2.00. The van der Waals surface area contributed by atoms with Gasteiger partial charge in [-0.05, 0) is 19.8 Å². The number of rotatable bonds is 4. The Balaban J connectivity index is 1.76. The van der Waals surface area contributed by atoms with Gasteiger partial charge in [0, 0.05) is 25.5 Å². The van der Waals surface area contributed by atoms with Gasteiger partial charge >= 0.3 is 0 Å². The molecule has 0 unspecified atom stereocenters. The predicted molar refractivity (Wildman–Crippen MR) is 56.1 cm³/mol. The fourth-order valence-corrected chi connectivity index (χ4v) is 1.47. The first-order chi connectivity index (χ1) is 7.12. The van der Waals surface area contributed by atoms with Gasteiger partial charge in [-0.15, -0.1) is 0 Å². The van der Waals surface area contributed by atoms with E-state index in [2.05, 4.69) is 10.3 Å². The van der Waals surface area contributed by atoms with Crippen molar-refractivity contribution in [2.24, 2.45) is 5.73 Å². The second-order valence-electron chi connectivity index (χ2n) is 4.08. The number of nitrogens with zero attached hydrogens (tertiary/aromatic N) is 2. The van der Waals surface area contributed by atoms with Crippen LogP contribution in [0.1, 0.15) is 18.7 Å². The summed E-state index contributed by atoms with van der Waals surface area (Å²) in [5, 5.41) is 2.84. The van der Waals surface area contributed by atoms with E-state index >= 15 is 0 Å². The zero-order valence-electron chi connectivity index (χ0n) is 8.86. The third-order valence-corrected chi connectivity index (χ3v) is 2.80. The molecule has 1 aromatic rings. The van der Waals surface area contributed by atoms with Crippen LogP contribution in [0.15, 0.2) is 12.4 Å². The zero-order valence-corrected chi connectivity index (χ0v) is 8.86. The zero-order chi connectivity index (χ0) is 10.9. The van der Waals surface area contributed by atoms with E-state index in [-0.39, 0.29) is 5.91 Å². The van der Waals surface area contributed by atoms with E-state index in [9.17, 15) is 4.79 Å². The number of carbonyl (C=O) groups excluding carboxylic acids is 1. The van der Waals surface area contributed by atoms with Crippen molar-refractivity contribution in [1.29, 1.82) is 0 Å². The summed E-state index contributed by atoms with van der Waals surface area (Å²) in [6.45, 7) is 3.29. The van der Waals surface area contributed by atoms with Gasteiger partial charge < -0.3 is 15.6 Å². The summed E-state index contributed by atoms with van der Waals surface area (Å²) in [5.41, 5.74) is 5.18. The summed E-state index contributed by atoms with van der Waals surface area (Å²) >= 11 is 0. The molecule has 0 saturated heterocycles. The van der Waals surface area contributed by atoms with Crippen molar-refractivity contribution in [2.45, 2.75) is 31.8 Å². The van der Waals surface area contributed by atoms with Crippen molar-refractivity contribution in [3.8, 4) is 0 Å². The number of carbonyl (C=O) groups is 1. The second kappa shape index (κ2) is 3.66. The smallest absolute Gasteiger partial charge is 0.240 e. The van der Waals surface area contributed by atoms with Crippen LogP contribution in [0.2, 0.25) is 0 Å². The van der Waals surface area contributed by atoms with Crippen molar-refractivity contribution in [3.05, 3.63) is 18.2 Å². The van der Waals surface area contributed by atoms with Crippen LogP contribution in [0, 0.1) is 6.92 Å². The summed E-state index contributed by atoms with van der Waals surface area (Å²) in [5.74, 6) is 0.929. The molecule has 15 heavy (non-hydrogen) atoms. The molecule has 1 aliphatic carbocycles. The molecule has 1 aliphatic rings. The van der Waals surface area contributed by atoms with Gasteiger partial charge in [-0.3, -0.25) is 4.79 Å². The Bertz CT molecular complexity index is 367. The van der Waals surface area contributed by atoms with Crippen LogP contribution >= 0.6 is 0 Å². The maximum Gasteiger partial charge on any atom is 0.240 e. The topological polar surface area (TPSA) is 72.9 Å². The predicted octanol–water partition coefficient (Wildman–Crippen LogP) is -0.201. The molecule has 0 aliphatic heterocycles. The maximum atomic E-state index is 11.5. The summed E-state index contributed by atoms with van der Waals surface area (Å²) in [7, 11) is 0. The number of nitrogens with one attached hydrogen (secondary N) is 1. The van der Waals surface area contributed by atoms with Crippen molar-refractivity contribution < 1.29 is 4.79 Å². The molecule has 0 radical (unpaired) electrons. The van der Waals surface area contributed by atoms with Crippen molar-refractivity contribution in [3.63, 3.8) is 0 Å². The Morgan fingerprint density at radius 3 is 3.00 bits per heavy atom. The molecule has 5 nitrogen and oxygen atoms in total. The molecular weight excluding hydrogens is 192 g/mol. The van der Waals surface area contributed by atoms with E-state index < -0.39 is 5.54 Å². The van der Waals surface area contributed by atoms with Crippen LogP contribution in [0.3, 0.4) is 0 Å². The van der Waals surface area contributed by atoms with Crippen LogP contribution in [0.4, 0.5) is 0 Å². The minimum absolute atomic E-state index is 0.0275. The third kappa shape index (κ3) is 2.18. The highest BCUT2D eigenvalue weighted by atomic mass is 16.2. The van der Waals surface area contributed by atoms with Crippen LogP contribution in [-0.2, 0) is 11.3 Å². The highest BCUT2D eigenvalue weighted by Gasteiger charge is 2.45. The lowest BCUT2D eigenvalue weighted by atomic mass is 10.3. The Morgan fingerprint density at radius 2 is 2.47 bits per heavy atom. The van der Waals surface area contributed by atoms with E-state index in [4.69, 9.17) is 5.73 Å². The highest BCUT2D eigenvalue weighted by molar-refractivity contribution is 5.88. The van der Waals surface area contributed by atoms with Crippen molar-refractivity contribution in [1.82, 2.24) is 14.9 Å². The molecule has 0 aromatic carbocycles. The van der Waals surface area contributed by atoms with Gasteiger partial charge in [-0.1, -0.05) is 0 Å². The van der Waals surface area contributed by atoms with Gasteiger partial charge in [0.05, 0.1) is 5.54 Å². The summed E-state index contributed by atoms with van der Waals surface area (Å²) in [6, 6.07) is 0. The first kappa shape index (κ1) is 10.2. The van der Waals surface area contributed by atoms with E-state index in [0.29, 0.717) is 6.54 Å². The Hall–Kier alpha value is -1.36. The first-order valence-electron chi connectivity index (χ1n) is 5.17. The second-order valence-corrected chi connectivity index (χ2v) is 4.08. The van der Waals surface area contributed by atoms with Gasteiger partial charge in [0.25, 0.3) is 0 Å². The first-order valence-corrected chi connectivity index (χ1v) is 5.17. The van der Waals surface area contributed by atoms with Crippen molar-refractivity contribution in [2.75, 3.05) is 6.54 Å². The van der Waals surface area contributed by atoms with Crippen LogP contribution < -0.4 is 11.1 Å². The average Bonchev–Trinajstić information content (AvgIpc) is 2.83. The minimum Gasteiger partial charge on any atom is -0.353 e. The molecule has 0 atom stereocenters. The normalized spacial score (nSPS) is 17.5. The van der Waals surface area contributed by atoms with Crippen LogP contribution in [0.25, 0.3) is 0 Å². The quantitative estimate of drug-likeness (QED) is 0.719. The minimum atomic E-state index is -0.565. The molecule has 82 valence electrons. The largest absolute Gasteiger partial charge is 0.353 e. The molecule has 1 saturated carbocycles. The standard InChI is InChI=1S/C10H16N4O/c1-8-12-4-6-14(8)7-5-13-9(15)10(11)2-3-10/h4,6H,2-3,5,7,11H2,1H3,(H,13,15). The van der Waals surface area contributed by atoms with Gasteiger partial charge in [-0.2, -0.15) is 0 Å². The summed E-state index contributed by atoms with van der Waals surface area (Å²) in [4.78, 5) is 15.6. The number of nitrogens with two attached hydrogens (primary N) is 1. The Morgan fingerprint density at radius 1 is 1.73 bits per heavy atom.